The minimum Gasteiger partial charge on any atom is -0.390 e. The second-order valence-corrected chi connectivity index (χ2v) is 7.41. The van der Waals surface area contributed by atoms with Gasteiger partial charge in [-0.25, -0.2) is 4.39 Å². The van der Waals surface area contributed by atoms with Crippen LogP contribution in [0.5, 0.6) is 0 Å². The Kier molecular flexibility index (Phi) is 4.92. The molecule has 0 unspecified atom stereocenters. The maximum atomic E-state index is 13.5. The smallest absolute Gasteiger partial charge is 0.226 e. The zero-order valence-corrected chi connectivity index (χ0v) is 15.4. The third-order valence-electron chi connectivity index (χ3n) is 5.11. The van der Waals surface area contributed by atoms with E-state index in [1.54, 1.807) is 11.0 Å². The SMILES string of the molecule is Cc1ccccc1C1=NO[C@@H](CN(Cc2cccc(F)c2)C(=O)C2CC2)C1. The Labute approximate surface area is 158 Å². The highest BCUT2D eigenvalue weighted by atomic mass is 19.1. The monoisotopic (exact) mass is 366 g/mol. The zero-order valence-electron chi connectivity index (χ0n) is 15.4. The second-order valence-electron chi connectivity index (χ2n) is 7.41. The van der Waals surface area contributed by atoms with Crippen molar-refractivity contribution in [3.63, 3.8) is 0 Å². The molecule has 2 aromatic carbocycles. The number of carbonyl (C=O) groups is 1. The van der Waals surface area contributed by atoms with E-state index in [9.17, 15) is 9.18 Å². The lowest BCUT2D eigenvalue weighted by atomic mass is 10.00. The molecule has 0 N–H and O–H groups in total. The second kappa shape index (κ2) is 7.51. The first-order chi connectivity index (χ1) is 13.1. The Morgan fingerprint density at radius 2 is 2.04 bits per heavy atom. The van der Waals surface area contributed by atoms with Crippen LogP contribution < -0.4 is 0 Å². The number of benzene rings is 2. The van der Waals surface area contributed by atoms with Crippen molar-refractivity contribution < 1.29 is 14.0 Å². The van der Waals surface area contributed by atoms with E-state index in [1.165, 1.54) is 12.1 Å². The van der Waals surface area contributed by atoms with Crippen molar-refractivity contribution in [2.24, 2.45) is 11.1 Å². The number of halogens is 1. The number of oxime groups is 1. The van der Waals surface area contributed by atoms with Crippen molar-refractivity contribution in [3.05, 3.63) is 71.0 Å². The van der Waals surface area contributed by atoms with Crippen LogP contribution in [0.25, 0.3) is 0 Å². The fourth-order valence-corrected chi connectivity index (χ4v) is 3.50. The van der Waals surface area contributed by atoms with Gasteiger partial charge in [0.2, 0.25) is 5.91 Å². The number of hydrogen-bond donors (Lipinski definition) is 0. The van der Waals surface area contributed by atoms with Gasteiger partial charge in [0.25, 0.3) is 0 Å². The standard InChI is InChI=1S/C22H23FN2O2/c1-15-5-2-3-8-20(15)21-12-19(27-24-21)14-25(22(26)17-9-10-17)13-16-6-4-7-18(23)11-16/h2-8,11,17,19H,9-10,12-14H2,1H3/t19-/m1/s1. The van der Waals surface area contributed by atoms with Crippen molar-refractivity contribution in [2.75, 3.05) is 6.54 Å². The van der Waals surface area contributed by atoms with E-state index in [0.717, 1.165) is 35.2 Å². The summed E-state index contributed by atoms with van der Waals surface area (Å²) < 4.78 is 13.5. The highest BCUT2D eigenvalue weighted by molar-refractivity contribution is 6.02. The van der Waals surface area contributed by atoms with Gasteiger partial charge in [-0.3, -0.25) is 4.79 Å². The van der Waals surface area contributed by atoms with Crippen LogP contribution in [0, 0.1) is 18.7 Å². The Bertz CT molecular complexity index is 876. The first-order valence-electron chi connectivity index (χ1n) is 9.42. The van der Waals surface area contributed by atoms with Crippen LogP contribution in [0.1, 0.15) is 36.0 Å². The summed E-state index contributed by atoms with van der Waals surface area (Å²) in [7, 11) is 0. The first-order valence-corrected chi connectivity index (χ1v) is 9.42. The molecule has 1 heterocycles. The molecule has 5 heteroatoms. The Hall–Kier alpha value is -2.69. The molecule has 1 fully saturated rings. The summed E-state index contributed by atoms with van der Waals surface area (Å²) in [6.45, 7) is 2.91. The molecule has 2 aromatic rings. The van der Waals surface area contributed by atoms with Gasteiger partial charge in [0.1, 0.15) is 5.82 Å². The Morgan fingerprint density at radius 1 is 1.22 bits per heavy atom. The summed E-state index contributed by atoms with van der Waals surface area (Å²) in [5, 5.41) is 4.26. The van der Waals surface area contributed by atoms with Crippen LogP contribution in [0.3, 0.4) is 0 Å². The molecule has 1 aliphatic carbocycles. The van der Waals surface area contributed by atoms with Gasteiger partial charge < -0.3 is 9.74 Å². The van der Waals surface area contributed by atoms with E-state index < -0.39 is 0 Å². The lowest BCUT2D eigenvalue weighted by molar-refractivity contribution is -0.135. The van der Waals surface area contributed by atoms with Crippen LogP contribution in [0.15, 0.2) is 53.7 Å². The van der Waals surface area contributed by atoms with Crippen LogP contribution >= 0.6 is 0 Å². The largest absolute Gasteiger partial charge is 0.390 e. The van der Waals surface area contributed by atoms with Gasteiger partial charge in [-0.15, -0.1) is 0 Å². The molecule has 4 nitrogen and oxygen atoms in total. The van der Waals surface area contributed by atoms with Crippen LogP contribution in [0.4, 0.5) is 4.39 Å². The molecular formula is C22H23FN2O2. The number of amides is 1. The van der Waals surface area contributed by atoms with Crippen molar-refractivity contribution in [1.82, 2.24) is 4.90 Å². The third-order valence-corrected chi connectivity index (χ3v) is 5.11. The minimum atomic E-state index is -0.284. The predicted molar refractivity (Wildman–Crippen MR) is 102 cm³/mol. The zero-order chi connectivity index (χ0) is 18.8. The summed E-state index contributed by atoms with van der Waals surface area (Å²) >= 11 is 0. The molecule has 2 aliphatic rings. The molecule has 27 heavy (non-hydrogen) atoms. The lowest BCUT2D eigenvalue weighted by Crippen LogP contribution is -2.38. The average molecular weight is 366 g/mol. The molecular weight excluding hydrogens is 343 g/mol. The molecule has 0 bridgehead atoms. The summed E-state index contributed by atoms with van der Waals surface area (Å²) in [5.74, 6) is -0.0440. The number of hydrogen-bond acceptors (Lipinski definition) is 3. The van der Waals surface area contributed by atoms with Crippen LogP contribution in [0.2, 0.25) is 0 Å². The Morgan fingerprint density at radius 3 is 2.78 bits per heavy atom. The van der Waals surface area contributed by atoms with E-state index >= 15 is 0 Å². The summed E-state index contributed by atoms with van der Waals surface area (Å²) in [6, 6.07) is 14.5. The number of nitrogens with zero attached hydrogens (tertiary/aromatic N) is 2. The van der Waals surface area contributed by atoms with Crippen molar-refractivity contribution in [1.29, 1.82) is 0 Å². The van der Waals surface area contributed by atoms with Crippen molar-refractivity contribution >= 4 is 11.6 Å². The van der Waals surface area contributed by atoms with E-state index in [1.807, 2.05) is 24.3 Å². The number of aryl methyl sites for hydroxylation is 1. The fraction of sp³-hybridized carbons (Fsp3) is 0.364. The van der Waals surface area contributed by atoms with Gasteiger partial charge in [0.15, 0.2) is 6.10 Å². The van der Waals surface area contributed by atoms with Gasteiger partial charge >= 0.3 is 0 Å². The quantitative estimate of drug-likeness (QED) is 0.773. The third kappa shape index (κ3) is 4.18. The van der Waals surface area contributed by atoms with Gasteiger partial charge in [0.05, 0.1) is 12.3 Å². The van der Waals surface area contributed by atoms with Crippen molar-refractivity contribution in [2.45, 2.75) is 38.8 Å². The molecule has 140 valence electrons. The minimum absolute atomic E-state index is 0.108. The fourth-order valence-electron chi connectivity index (χ4n) is 3.50. The molecule has 0 radical (unpaired) electrons. The van der Waals surface area contributed by atoms with Gasteiger partial charge in [-0.05, 0) is 43.0 Å². The summed E-state index contributed by atoms with van der Waals surface area (Å²) in [4.78, 5) is 20.2. The average Bonchev–Trinajstić information content (AvgIpc) is 3.40. The van der Waals surface area contributed by atoms with Gasteiger partial charge in [-0.1, -0.05) is 41.6 Å². The molecule has 4 rings (SSSR count). The normalized spacial score (nSPS) is 18.7. The highest BCUT2D eigenvalue weighted by Gasteiger charge is 2.35. The van der Waals surface area contributed by atoms with E-state index in [2.05, 4.69) is 18.1 Å². The number of rotatable bonds is 6. The van der Waals surface area contributed by atoms with Crippen LogP contribution in [-0.2, 0) is 16.2 Å². The maximum Gasteiger partial charge on any atom is 0.226 e. The van der Waals surface area contributed by atoms with Crippen LogP contribution in [-0.4, -0.2) is 29.2 Å². The van der Waals surface area contributed by atoms with E-state index in [0.29, 0.717) is 19.5 Å². The van der Waals surface area contributed by atoms with E-state index in [4.69, 9.17) is 4.84 Å². The molecule has 1 atom stereocenters. The summed E-state index contributed by atoms with van der Waals surface area (Å²) in [6.07, 6.45) is 2.38. The molecule has 1 aliphatic heterocycles. The highest BCUT2D eigenvalue weighted by Crippen LogP contribution is 2.32. The first kappa shape index (κ1) is 17.7. The van der Waals surface area contributed by atoms with Gasteiger partial charge in [0, 0.05) is 24.4 Å². The Balaban J connectivity index is 1.44. The molecule has 1 amide bonds. The van der Waals surface area contributed by atoms with Gasteiger partial charge in [-0.2, -0.15) is 0 Å². The molecule has 0 saturated heterocycles. The molecule has 1 saturated carbocycles. The molecule has 0 aromatic heterocycles. The number of carbonyl (C=O) groups excluding carboxylic acids is 1. The topological polar surface area (TPSA) is 41.9 Å². The maximum absolute atomic E-state index is 13.5. The lowest BCUT2D eigenvalue weighted by Gasteiger charge is -2.25. The predicted octanol–water partition coefficient (Wildman–Crippen LogP) is 4.07. The van der Waals surface area contributed by atoms with Crippen molar-refractivity contribution in [3.8, 4) is 0 Å². The van der Waals surface area contributed by atoms with E-state index in [-0.39, 0.29) is 23.7 Å². The molecule has 0 spiro atoms. The summed E-state index contributed by atoms with van der Waals surface area (Å²) in [5.41, 5.74) is 3.96.